The molecule has 142 valence electrons. The second-order valence-corrected chi connectivity index (χ2v) is 6.00. The third-order valence-electron chi connectivity index (χ3n) is 3.31. The van der Waals surface area contributed by atoms with E-state index in [1.54, 1.807) is 55.6 Å². The van der Waals surface area contributed by atoms with Crippen LogP contribution in [0.1, 0.15) is 20.7 Å². The number of hydrazine groups is 1. The van der Waals surface area contributed by atoms with Crippen LogP contribution in [0.4, 0.5) is 0 Å². The summed E-state index contributed by atoms with van der Waals surface area (Å²) >= 11 is 11.0. The summed E-state index contributed by atoms with van der Waals surface area (Å²) in [6, 6.07) is 13.3. The summed E-state index contributed by atoms with van der Waals surface area (Å²) in [5.41, 5.74) is 5.41. The van der Waals surface area contributed by atoms with Gasteiger partial charge < -0.3 is 9.47 Å². The SMILES string of the molecule is COCCOc1ccccc1C(=O)NC(=S)NNC(=O)c1ccccc1Cl. The Balaban J connectivity index is 1.91. The predicted molar refractivity (Wildman–Crippen MR) is 106 cm³/mol. The third kappa shape index (κ3) is 6.21. The molecule has 2 amide bonds. The first-order valence-corrected chi connectivity index (χ1v) is 8.68. The molecule has 27 heavy (non-hydrogen) atoms. The zero-order valence-corrected chi connectivity index (χ0v) is 16.0. The van der Waals surface area contributed by atoms with Crippen molar-refractivity contribution in [1.82, 2.24) is 16.2 Å². The second kappa shape index (κ2) is 10.5. The maximum atomic E-state index is 12.4. The van der Waals surface area contributed by atoms with Crippen LogP contribution >= 0.6 is 23.8 Å². The molecule has 0 bridgehead atoms. The molecule has 0 unspecified atom stereocenters. The normalized spacial score (nSPS) is 10.0. The zero-order chi connectivity index (χ0) is 19.6. The zero-order valence-electron chi connectivity index (χ0n) is 14.5. The van der Waals surface area contributed by atoms with Gasteiger partial charge in [-0.25, -0.2) is 0 Å². The molecule has 9 heteroatoms. The van der Waals surface area contributed by atoms with Crippen molar-refractivity contribution in [3.05, 3.63) is 64.7 Å². The van der Waals surface area contributed by atoms with E-state index in [9.17, 15) is 9.59 Å². The van der Waals surface area contributed by atoms with Gasteiger partial charge in [0, 0.05) is 7.11 Å². The molecule has 2 rings (SSSR count). The molecule has 0 saturated heterocycles. The highest BCUT2D eigenvalue weighted by atomic mass is 35.5. The van der Waals surface area contributed by atoms with Crippen molar-refractivity contribution in [3.63, 3.8) is 0 Å². The van der Waals surface area contributed by atoms with Crippen LogP contribution in [-0.4, -0.2) is 37.3 Å². The molecule has 0 radical (unpaired) electrons. The van der Waals surface area contributed by atoms with Gasteiger partial charge in [0.15, 0.2) is 5.11 Å². The summed E-state index contributed by atoms with van der Waals surface area (Å²) in [6.45, 7) is 0.696. The van der Waals surface area contributed by atoms with E-state index >= 15 is 0 Å². The average Bonchev–Trinajstić information content (AvgIpc) is 2.67. The molecule has 0 atom stereocenters. The van der Waals surface area contributed by atoms with Crippen LogP contribution in [0.15, 0.2) is 48.5 Å². The highest BCUT2D eigenvalue weighted by Gasteiger charge is 2.14. The van der Waals surface area contributed by atoms with E-state index in [1.807, 2.05) is 0 Å². The van der Waals surface area contributed by atoms with Crippen LogP contribution in [0, 0.1) is 0 Å². The Morgan fingerprint density at radius 2 is 1.63 bits per heavy atom. The lowest BCUT2D eigenvalue weighted by molar-refractivity contribution is 0.0933. The molecule has 2 aromatic carbocycles. The number of hydrogen-bond donors (Lipinski definition) is 3. The summed E-state index contributed by atoms with van der Waals surface area (Å²) in [5.74, 6) is -0.567. The van der Waals surface area contributed by atoms with Crippen molar-refractivity contribution in [2.45, 2.75) is 0 Å². The number of carbonyl (C=O) groups excluding carboxylic acids is 2. The summed E-state index contributed by atoms with van der Waals surface area (Å²) in [4.78, 5) is 24.5. The Labute approximate surface area is 167 Å². The van der Waals surface area contributed by atoms with Crippen molar-refractivity contribution in [2.75, 3.05) is 20.3 Å². The van der Waals surface area contributed by atoms with Crippen molar-refractivity contribution in [1.29, 1.82) is 0 Å². The van der Waals surface area contributed by atoms with Gasteiger partial charge in [0.1, 0.15) is 12.4 Å². The van der Waals surface area contributed by atoms with Gasteiger partial charge in [-0.05, 0) is 36.5 Å². The predicted octanol–water partition coefficient (Wildman–Crippen LogP) is 2.31. The Bertz CT molecular complexity index is 832. The number of para-hydroxylation sites is 1. The monoisotopic (exact) mass is 407 g/mol. The van der Waals surface area contributed by atoms with E-state index in [-0.39, 0.29) is 10.7 Å². The fourth-order valence-corrected chi connectivity index (χ4v) is 2.41. The van der Waals surface area contributed by atoms with Gasteiger partial charge in [0.05, 0.1) is 22.8 Å². The van der Waals surface area contributed by atoms with Gasteiger partial charge in [0.25, 0.3) is 11.8 Å². The van der Waals surface area contributed by atoms with E-state index in [2.05, 4.69) is 16.2 Å². The second-order valence-electron chi connectivity index (χ2n) is 5.18. The van der Waals surface area contributed by atoms with Gasteiger partial charge in [-0.3, -0.25) is 25.8 Å². The van der Waals surface area contributed by atoms with Crippen LogP contribution < -0.4 is 20.9 Å². The average molecular weight is 408 g/mol. The molecule has 0 aromatic heterocycles. The number of amides is 2. The molecular formula is C18H18ClN3O4S. The number of thiocarbonyl (C=S) groups is 1. The Hall–Kier alpha value is -2.68. The Morgan fingerprint density at radius 1 is 0.963 bits per heavy atom. The quantitative estimate of drug-likeness (QED) is 0.387. The molecule has 0 saturated carbocycles. The van der Waals surface area contributed by atoms with Crippen LogP contribution in [0.3, 0.4) is 0 Å². The minimum atomic E-state index is -0.486. The molecule has 0 aliphatic heterocycles. The van der Waals surface area contributed by atoms with Crippen LogP contribution in [0.25, 0.3) is 0 Å². The molecular weight excluding hydrogens is 390 g/mol. The number of rotatable bonds is 6. The number of ether oxygens (including phenoxy) is 2. The Kier molecular flexibility index (Phi) is 8.00. The minimum Gasteiger partial charge on any atom is -0.490 e. The molecule has 0 heterocycles. The third-order valence-corrected chi connectivity index (χ3v) is 3.85. The van der Waals surface area contributed by atoms with Crippen molar-refractivity contribution >= 4 is 40.7 Å². The van der Waals surface area contributed by atoms with E-state index < -0.39 is 11.8 Å². The minimum absolute atomic E-state index is 0.0768. The first-order chi connectivity index (χ1) is 13.0. The lowest BCUT2D eigenvalue weighted by Crippen LogP contribution is -2.48. The number of methoxy groups -OCH3 is 1. The molecule has 0 aliphatic carbocycles. The molecule has 0 spiro atoms. The summed E-state index contributed by atoms with van der Waals surface area (Å²) in [6.07, 6.45) is 0. The molecule has 0 aliphatic rings. The Morgan fingerprint density at radius 3 is 2.33 bits per heavy atom. The number of hydrogen-bond acceptors (Lipinski definition) is 5. The summed E-state index contributed by atoms with van der Waals surface area (Å²) in [5, 5.41) is 2.69. The molecule has 3 N–H and O–H groups in total. The van der Waals surface area contributed by atoms with Crippen molar-refractivity contribution < 1.29 is 19.1 Å². The van der Waals surface area contributed by atoms with Crippen LogP contribution in [0.5, 0.6) is 5.75 Å². The van der Waals surface area contributed by atoms with Crippen molar-refractivity contribution in [3.8, 4) is 5.75 Å². The lowest BCUT2D eigenvalue weighted by atomic mass is 10.2. The molecule has 0 fully saturated rings. The van der Waals surface area contributed by atoms with Gasteiger partial charge in [-0.15, -0.1) is 0 Å². The van der Waals surface area contributed by atoms with E-state index in [0.29, 0.717) is 29.5 Å². The largest absolute Gasteiger partial charge is 0.490 e. The smallest absolute Gasteiger partial charge is 0.271 e. The lowest BCUT2D eigenvalue weighted by Gasteiger charge is -2.13. The van der Waals surface area contributed by atoms with Gasteiger partial charge >= 0.3 is 0 Å². The van der Waals surface area contributed by atoms with Crippen molar-refractivity contribution in [2.24, 2.45) is 0 Å². The van der Waals surface area contributed by atoms with E-state index in [0.717, 1.165) is 0 Å². The van der Waals surface area contributed by atoms with Gasteiger partial charge in [-0.1, -0.05) is 35.9 Å². The highest BCUT2D eigenvalue weighted by Crippen LogP contribution is 2.17. The van der Waals surface area contributed by atoms with Gasteiger partial charge in [-0.2, -0.15) is 0 Å². The van der Waals surface area contributed by atoms with Crippen LogP contribution in [-0.2, 0) is 4.74 Å². The standard InChI is InChI=1S/C18H18ClN3O4S/c1-25-10-11-26-15-9-5-3-7-13(15)16(23)20-18(27)22-21-17(24)12-6-2-4-8-14(12)19/h2-9H,10-11H2,1H3,(H,21,24)(H2,20,22,23,27). The fraction of sp³-hybridized carbons (Fsp3) is 0.167. The van der Waals surface area contributed by atoms with E-state index in [4.69, 9.17) is 33.3 Å². The first-order valence-electron chi connectivity index (χ1n) is 7.90. The molecule has 2 aromatic rings. The topological polar surface area (TPSA) is 88.7 Å². The summed E-state index contributed by atoms with van der Waals surface area (Å²) < 4.78 is 10.4. The summed E-state index contributed by atoms with van der Waals surface area (Å²) in [7, 11) is 1.56. The number of carbonyl (C=O) groups is 2. The highest BCUT2D eigenvalue weighted by molar-refractivity contribution is 7.80. The number of halogens is 1. The van der Waals surface area contributed by atoms with E-state index in [1.165, 1.54) is 0 Å². The number of nitrogens with one attached hydrogen (secondary N) is 3. The number of benzene rings is 2. The first kappa shape index (κ1) is 20.6. The van der Waals surface area contributed by atoms with Crippen LogP contribution in [0.2, 0.25) is 5.02 Å². The maximum absolute atomic E-state index is 12.4. The van der Waals surface area contributed by atoms with Gasteiger partial charge in [0.2, 0.25) is 0 Å². The maximum Gasteiger partial charge on any atom is 0.271 e. The molecule has 7 nitrogen and oxygen atoms in total. The fourth-order valence-electron chi connectivity index (χ4n) is 2.04.